The third-order valence-electron chi connectivity index (χ3n) is 2.20. The van der Waals surface area contributed by atoms with E-state index >= 15 is 0 Å². The lowest BCUT2D eigenvalue weighted by atomic mass is 9.85. The highest BCUT2D eigenvalue weighted by atomic mass is 16.6. The lowest BCUT2D eigenvalue weighted by Crippen LogP contribution is -2.26. The second kappa shape index (κ2) is 3.86. The first-order valence-corrected chi connectivity index (χ1v) is 4.31. The molecule has 0 spiro atoms. The highest BCUT2D eigenvalue weighted by Gasteiger charge is 2.21. The van der Waals surface area contributed by atoms with Crippen LogP contribution in [0.1, 0.15) is 19.4 Å². The molecule has 0 atom stereocenters. The van der Waals surface area contributed by atoms with Crippen molar-refractivity contribution in [2.75, 3.05) is 6.61 Å². The van der Waals surface area contributed by atoms with Gasteiger partial charge >= 0.3 is 0 Å². The number of nitrogens with two attached hydrogens (primary N) is 1. The summed E-state index contributed by atoms with van der Waals surface area (Å²) in [6, 6.07) is 4.69. The second-order valence-corrected chi connectivity index (χ2v) is 3.90. The summed E-state index contributed by atoms with van der Waals surface area (Å²) in [7, 11) is 0. The van der Waals surface area contributed by atoms with E-state index in [1.807, 2.05) is 13.8 Å². The van der Waals surface area contributed by atoms with Crippen molar-refractivity contribution in [2.45, 2.75) is 19.3 Å². The maximum atomic E-state index is 9.31. The first-order valence-electron chi connectivity index (χ1n) is 4.31. The zero-order valence-electron chi connectivity index (χ0n) is 8.32. The summed E-state index contributed by atoms with van der Waals surface area (Å²) in [5.41, 5.74) is 0.568. The molecule has 0 aliphatic carbocycles. The topological polar surface area (TPSA) is 75.7 Å². The predicted molar refractivity (Wildman–Crippen MR) is 52.9 cm³/mol. The molecule has 0 aliphatic heterocycles. The van der Waals surface area contributed by atoms with Gasteiger partial charge < -0.3 is 15.1 Å². The van der Waals surface area contributed by atoms with Crippen LogP contribution in [0.3, 0.4) is 0 Å². The third-order valence-corrected chi connectivity index (χ3v) is 2.20. The molecule has 0 saturated carbocycles. The molecule has 0 saturated heterocycles. The number of benzene rings is 1. The van der Waals surface area contributed by atoms with Crippen molar-refractivity contribution >= 4 is 0 Å². The van der Waals surface area contributed by atoms with Crippen molar-refractivity contribution in [3.05, 3.63) is 23.8 Å². The molecular weight excluding hydrogens is 182 g/mol. The minimum atomic E-state index is -0.292. The van der Waals surface area contributed by atoms with E-state index < -0.39 is 0 Å². The van der Waals surface area contributed by atoms with E-state index in [2.05, 4.69) is 4.84 Å². The van der Waals surface area contributed by atoms with Crippen LogP contribution in [0, 0.1) is 0 Å². The van der Waals surface area contributed by atoms with Crippen molar-refractivity contribution in [1.29, 1.82) is 0 Å². The Morgan fingerprint density at radius 3 is 2.43 bits per heavy atom. The maximum Gasteiger partial charge on any atom is 0.157 e. The monoisotopic (exact) mass is 197 g/mol. The lowest BCUT2D eigenvalue weighted by molar-refractivity contribution is 0.0963. The van der Waals surface area contributed by atoms with Crippen LogP contribution < -0.4 is 5.90 Å². The summed E-state index contributed by atoms with van der Waals surface area (Å²) in [6.07, 6.45) is 0. The second-order valence-electron chi connectivity index (χ2n) is 3.90. The zero-order valence-corrected chi connectivity index (χ0v) is 8.32. The Morgan fingerprint density at radius 1 is 1.29 bits per heavy atom. The molecule has 4 N–H and O–H groups in total. The van der Waals surface area contributed by atoms with Crippen LogP contribution in [0.4, 0.5) is 0 Å². The largest absolute Gasteiger partial charge is 0.504 e. The minimum Gasteiger partial charge on any atom is -0.504 e. The van der Waals surface area contributed by atoms with Gasteiger partial charge in [0.05, 0.1) is 6.61 Å². The highest BCUT2D eigenvalue weighted by Crippen LogP contribution is 2.31. The van der Waals surface area contributed by atoms with Crippen molar-refractivity contribution in [2.24, 2.45) is 5.90 Å². The predicted octanol–water partition coefficient (Wildman–Crippen LogP) is 1.27. The van der Waals surface area contributed by atoms with E-state index in [1.54, 1.807) is 6.07 Å². The van der Waals surface area contributed by atoms with E-state index in [9.17, 15) is 5.11 Å². The number of hydrogen-bond donors (Lipinski definition) is 3. The normalized spacial score (nSPS) is 11.6. The minimum absolute atomic E-state index is 0.127. The van der Waals surface area contributed by atoms with Gasteiger partial charge in [0.25, 0.3) is 0 Å². The van der Waals surface area contributed by atoms with Crippen LogP contribution in [0.15, 0.2) is 18.2 Å². The van der Waals surface area contributed by atoms with Crippen LogP contribution in [-0.2, 0) is 10.3 Å². The summed E-state index contributed by atoms with van der Waals surface area (Å²) in [6.45, 7) is 4.22. The number of aromatic hydroxyl groups is 2. The standard InChI is InChI=1S/C10H15NO3/c1-10(2,6-14-11)7-3-4-8(12)9(13)5-7/h3-5,12-13H,6,11H2,1-2H3. The van der Waals surface area contributed by atoms with Crippen LogP contribution in [-0.4, -0.2) is 16.8 Å². The van der Waals surface area contributed by atoms with Crippen LogP contribution in [0.5, 0.6) is 11.5 Å². The molecule has 0 unspecified atom stereocenters. The van der Waals surface area contributed by atoms with E-state index in [0.29, 0.717) is 6.61 Å². The molecule has 0 fully saturated rings. The molecule has 1 rings (SSSR count). The fourth-order valence-electron chi connectivity index (χ4n) is 1.24. The SMILES string of the molecule is CC(C)(CON)c1ccc(O)c(O)c1. The maximum absolute atomic E-state index is 9.31. The molecular formula is C10H15NO3. The molecule has 0 bridgehead atoms. The fourth-order valence-corrected chi connectivity index (χ4v) is 1.24. The van der Waals surface area contributed by atoms with Crippen LogP contribution in [0.2, 0.25) is 0 Å². The summed E-state index contributed by atoms with van der Waals surface area (Å²) >= 11 is 0. The summed E-state index contributed by atoms with van der Waals surface area (Å²) in [5, 5.41) is 18.4. The van der Waals surface area contributed by atoms with Gasteiger partial charge in [-0.1, -0.05) is 19.9 Å². The lowest BCUT2D eigenvalue weighted by Gasteiger charge is -2.23. The molecule has 0 radical (unpaired) electrons. The van der Waals surface area contributed by atoms with Gasteiger partial charge in [-0.25, -0.2) is 5.90 Å². The van der Waals surface area contributed by atoms with E-state index in [0.717, 1.165) is 5.56 Å². The van der Waals surface area contributed by atoms with E-state index in [1.165, 1.54) is 12.1 Å². The van der Waals surface area contributed by atoms with Crippen molar-refractivity contribution in [3.8, 4) is 11.5 Å². The van der Waals surface area contributed by atoms with Gasteiger partial charge in [0.2, 0.25) is 0 Å². The van der Waals surface area contributed by atoms with E-state index in [4.69, 9.17) is 11.0 Å². The fraction of sp³-hybridized carbons (Fsp3) is 0.400. The van der Waals surface area contributed by atoms with Gasteiger partial charge in [0.1, 0.15) is 0 Å². The average molecular weight is 197 g/mol. The van der Waals surface area contributed by atoms with Crippen molar-refractivity contribution < 1.29 is 15.1 Å². The van der Waals surface area contributed by atoms with Crippen LogP contribution >= 0.6 is 0 Å². The Labute approximate surface area is 82.9 Å². The zero-order chi connectivity index (χ0) is 10.8. The Morgan fingerprint density at radius 2 is 1.93 bits per heavy atom. The molecule has 1 aromatic rings. The third kappa shape index (κ3) is 2.16. The Kier molecular flexibility index (Phi) is 2.98. The molecule has 14 heavy (non-hydrogen) atoms. The molecule has 78 valence electrons. The van der Waals surface area contributed by atoms with Gasteiger partial charge in [0.15, 0.2) is 11.5 Å². The van der Waals surface area contributed by atoms with Crippen molar-refractivity contribution in [1.82, 2.24) is 0 Å². The molecule has 1 aromatic carbocycles. The smallest absolute Gasteiger partial charge is 0.157 e. The van der Waals surface area contributed by atoms with Gasteiger partial charge in [-0.15, -0.1) is 0 Å². The molecule has 4 heteroatoms. The number of rotatable bonds is 3. The number of phenolic OH excluding ortho intramolecular Hbond substituents is 2. The molecule has 0 amide bonds. The van der Waals surface area contributed by atoms with Gasteiger partial charge in [-0.2, -0.15) is 0 Å². The van der Waals surface area contributed by atoms with Gasteiger partial charge in [-0.3, -0.25) is 0 Å². The van der Waals surface area contributed by atoms with Gasteiger partial charge in [-0.05, 0) is 17.7 Å². The number of hydrogen-bond acceptors (Lipinski definition) is 4. The first-order chi connectivity index (χ1) is 6.47. The van der Waals surface area contributed by atoms with Crippen LogP contribution in [0.25, 0.3) is 0 Å². The highest BCUT2D eigenvalue weighted by molar-refractivity contribution is 5.42. The number of phenols is 2. The molecule has 0 heterocycles. The average Bonchev–Trinajstić information content (AvgIpc) is 2.09. The van der Waals surface area contributed by atoms with E-state index in [-0.39, 0.29) is 16.9 Å². The Balaban J connectivity index is 3.01. The summed E-state index contributed by atoms with van der Waals surface area (Å²) < 4.78 is 0. The summed E-state index contributed by atoms with van der Waals surface area (Å²) in [4.78, 5) is 4.59. The summed E-state index contributed by atoms with van der Waals surface area (Å²) in [5.74, 6) is 4.75. The molecule has 4 nitrogen and oxygen atoms in total. The molecule has 0 aromatic heterocycles. The first kappa shape index (κ1) is 10.8. The molecule has 0 aliphatic rings. The quantitative estimate of drug-likeness (QED) is 0.503. The Hall–Kier alpha value is -1.26. The van der Waals surface area contributed by atoms with Gasteiger partial charge in [0, 0.05) is 5.41 Å². The Bertz CT molecular complexity index is 323. The van der Waals surface area contributed by atoms with Crippen molar-refractivity contribution in [3.63, 3.8) is 0 Å².